The molecule has 0 aliphatic rings. The highest BCUT2D eigenvalue weighted by Gasteiger charge is 2.23. The molecule has 0 radical (unpaired) electrons. The summed E-state index contributed by atoms with van der Waals surface area (Å²) in [6, 6.07) is 0. The van der Waals surface area contributed by atoms with E-state index in [9.17, 15) is 18.1 Å². The zero-order valence-electron chi connectivity index (χ0n) is 13.8. The third kappa shape index (κ3) is 12.1. The first-order chi connectivity index (χ1) is 9.91. The molecular formula is C16H34O4S. The Balaban J connectivity index is 3.83. The summed E-state index contributed by atoms with van der Waals surface area (Å²) in [7, 11) is -3.98. The number of aliphatic hydroxyl groups excluding tert-OH is 1. The second-order valence-electron chi connectivity index (χ2n) is 6.04. The van der Waals surface area contributed by atoms with Crippen LogP contribution in [0.5, 0.6) is 0 Å². The van der Waals surface area contributed by atoms with Crippen LogP contribution in [0.2, 0.25) is 0 Å². The second-order valence-corrected chi connectivity index (χ2v) is 7.74. The summed E-state index contributed by atoms with van der Waals surface area (Å²) in [5.41, 5.74) is 0. The molecule has 0 heterocycles. The summed E-state index contributed by atoms with van der Waals surface area (Å²) in [6.07, 6.45) is 10.8. The van der Waals surface area contributed by atoms with E-state index in [0.29, 0.717) is 25.7 Å². The first-order valence-corrected chi connectivity index (χ1v) is 10.1. The van der Waals surface area contributed by atoms with Gasteiger partial charge in [0.2, 0.25) is 0 Å². The summed E-state index contributed by atoms with van der Waals surface area (Å²) < 4.78 is 31.9. The molecule has 0 fully saturated rings. The molecule has 0 amide bonds. The van der Waals surface area contributed by atoms with Crippen LogP contribution in [0.25, 0.3) is 0 Å². The topological polar surface area (TPSA) is 74.6 Å². The van der Waals surface area contributed by atoms with Gasteiger partial charge in [0.25, 0.3) is 10.1 Å². The molecule has 5 heteroatoms. The van der Waals surface area contributed by atoms with Gasteiger partial charge in [0.1, 0.15) is 0 Å². The third-order valence-electron chi connectivity index (χ3n) is 4.09. The highest BCUT2D eigenvalue weighted by molar-refractivity contribution is 7.86. The molecule has 0 saturated heterocycles. The van der Waals surface area contributed by atoms with Crippen molar-refractivity contribution in [2.75, 3.05) is 0 Å². The minimum atomic E-state index is -3.98. The van der Waals surface area contributed by atoms with Crippen LogP contribution < -0.4 is 0 Å². The van der Waals surface area contributed by atoms with Crippen molar-refractivity contribution in [1.82, 2.24) is 0 Å². The van der Waals surface area contributed by atoms with Gasteiger partial charge in [0.15, 0.2) is 0 Å². The Morgan fingerprint density at radius 1 is 0.810 bits per heavy atom. The van der Waals surface area contributed by atoms with E-state index in [0.717, 1.165) is 19.3 Å². The van der Waals surface area contributed by atoms with Crippen LogP contribution in [0.1, 0.15) is 90.9 Å². The number of unbranched alkanes of at least 4 members (excludes halogenated alkanes) is 7. The quantitative estimate of drug-likeness (QED) is 0.369. The minimum Gasteiger partial charge on any atom is -0.393 e. The van der Waals surface area contributed by atoms with Crippen LogP contribution in [0.3, 0.4) is 0 Å². The van der Waals surface area contributed by atoms with E-state index >= 15 is 0 Å². The Labute approximate surface area is 131 Å². The third-order valence-corrected chi connectivity index (χ3v) is 5.41. The number of aliphatic hydroxyl groups is 1. The molecule has 0 aromatic carbocycles. The smallest absolute Gasteiger partial charge is 0.267 e. The fourth-order valence-corrected chi connectivity index (χ4v) is 3.43. The fraction of sp³-hybridized carbons (Fsp3) is 1.00. The van der Waals surface area contributed by atoms with E-state index in [2.05, 4.69) is 6.92 Å². The summed E-state index contributed by atoms with van der Waals surface area (Å²) in [6.45, 7) is 4.07. The Hall–Kier alpha value is -0.130. The minimum absolute atomic E-state index is 0.352. The lowest BCUT2D eigenvalue weighted by molar-refractivity contribution is 0.156. The standard InChI is InChI=1S/C16H34O4S/c1-3-5-6-7-8-9-10-11-12-16(21(18,19)20)14-13-15(17)4-2/h15-17H,3-14H2,1-2H3,(H,18,19,20). The highest BCUT2D eigenvalue weighted by atomic mass is 32.2. The molecular weight excluding hydrogens is 288 g/mol. The molecule has 0 aromatic heterocycles. The first kappa shape index (κ1) is 20.9. The van der Waals surface area contributed by atoms with Crippen LogP contribution in [0.15, 0.2) is 0 Å². The molecule has 0 aliphatic heterocycles. The average Bonchev–Trinajstić information content (AvgIpc) is 2.43. The molecule has 128 valence electrons. The van der Waals surface area contributed by atoms with Crippen molar-refractivity contribution in [2.45, 2.75) is 102 Å². The summed E-state index contributed by atoms with van der Waals surface area (Å²) in [5, 5.41) is 8.80. The van der Waals surface area contributed by atoms with Crippen molar-refractivity contribution in [3.05, 3.63) is 0 Å². The Morgan fingerprint density at radius 3 is 1.81 bits per heavy atom. The predicted octanol–water partition coefficient (Wildman–Crippen LogP) is 4.32. The molecule has 0 rings (SSSR count). The van der Waals surface area contributed by atoms with Gasteiger partial charge in [-0.15, -0.1) is 0 Å². The van der Waals surface area contributed by atoms with Gasteiger partial charge in [-0.05, 0) is 25.7 Å². The van der Waals surface area contributed by atoms with Crippen LogP contribution in [-0.4, -0.2) is 29.4 Å². The largest absolute Gasteiger partial charge is 0.393 e. The summed E-state index contributed by atoms with van der Waals surface area (Å²) in [5.74, 6) is 0. The number of hydrogen-bond acceptors (Lipinski definition) is 3. The lowest BCUT2D eigenvalue weighted by Crippen LogP contribution is -2.22. The van der Waals surface area contributed by atoms with Crippen molar-refractivity contribution < 1.29 is 18.1 Å². The summed E-state index contributed by atoms with van der Waals surface area (Å²) >= 11 is 0. The molecule has 0 aliphatic carbocycles. The maximum absolute atomic E-state index is 11.3. The molecule has 2 atom stereocenters. The van der Waals surface area contributed by atoms with E-state index in [1.54, 1.807) is 0 Å². The lowest BCUT2D eigenvalue weighted by Gasteiger charge is -2.15. The second kappa shape index (κ2) is 12.4. The Morgan fingerprint density at radius 2 is 1.33 bits per heavy atom. The van der Waals surface area contributed by atoms with Crippen LogP contribution >= 0.6 is 0 Å². The molecule has 4 nitrogen and oxygen atoms in total. The van der Waals surface area contributed by atoms with Crippen LogP contribution in [-0.2, 0) is 10.1 Å². The molecule has 21 heavy (non-hydrogen) atoms. The molecule has 2 N–H and O–H groups in total. The number of rotatable bonds is 14. The van der Waals surface area contributed by atoms with Gasteiger partial charge in [-0.3, -0.25) is 4.55 Å². The molecule has 0 spiro atoms. The average molecular weight is 323 g/mol. The van der Waals surface area contributed by atoms with Crippen LogP contribution in [0.4, 0.5) is 0 Å². The Bertz CT molecular complexity index is 327. The van der Waals surface area contributed by atoms with Gasteiger partial charge >= 0.3 is 0 Å². The summed E-state index contributed by atoms with van der Waals surface area (Å²) in [4.78, 5) is 0. The number of hydrogen-bond donors (Lipinski definition) is 2. The van der Waals surface area contributed by atoms with Gasteiger partial charge in [-0.1, -0.05) is 65.2 Å². The maximum atomic E-state index is 11.3. The first-order valence-electron chi connectivity index (χ1n) is 8.56. The molecule has 2 unspecified atom stereocenters. The van der Waals surface area contributed by atoms with E-state index in [-0.39, 0.29) is 0 Å². The van der Waals surface area contributed by atoms with Gasteiger partial charge < -0.3 is 5.11 Å². The van der Waals surface area contributed by atoms with Gasteiger partial charge in [-0.2, -0.15) is 8.42 Å². The van der Waals surface area contributed by atoms with Crippen molar-refractivity contribution in [1.29, 1.82) is 0 Å². The van der Waals surface area contributed by atoms with E-state index in [1.807, 2.05) is 6.92 Å². The monoisotopic (exact) mass is 322 g/mol. The van der Waals surface area contributed by atoms with Crippen molar-refractivity contribution in [3.8, 4) is 0 Å². The zero-order valence-corrected chi connectivity index (χ0v) is 14.6. The van der Waals surface area contributed by atoms with Crippen molar-refractivity contribution >= 4 is 10.1 Å². The fourth-order valence-electron chi connectivity index (χ4n) is 2.53. The van der Waals surface area contributed by atoms with Crippen molar-refractivity contribution in [2.24, 2.45) is 0 Å². The van der Waals surface area contributed by atoms with Gasteiger partial charge in [0, 0.05) is 0 Å². The van der Waals surface area contributed by atoms with Crippen LogP contribution in [0, 0.1) is 0 Å². The van der Waals surface area contributed by atoms with E-state index < -0.39 is 21.5 Å². The molecule has 0 saturated carbocycles. The van der Waals surface area contributed by atoms with E-state index in [1.165, 1.54) is 32.1 Å². The maximum Gasteiger partial charge on any atom is 0.267 e. The van der Waals surface area contributed by atoms with Crippen molar-refractivity contribution in [3.63, 3.8) is 0 Å². The lowest BCUT2D eigenvalue weighted by atomic mass is 10.0. The van der Waals surface area contributed by atoms with E-state index in [4.69, 9.17) is 0 Å². The molecule has 0 bridgehead atoms. The van der Waals surface area contributed by atoms with Gasteiger partial charge in [-0.25, -0.2) is 0 Å². The zero-order chi connectivity index (χ0) is 16.1. The SMILES string of the molecule is CCCCCCCCCCC(CCC(O)CC)S(=O)(=O)O. The Kier molecular flexibility index (Phi) is 12.3. The predicted molar refractivity (Wildman–Crippen MR) is 88.1 cm³/mol. The van der Waals surface area contributed by atoms with Gasteiger partial charge in [0.05, 0.1) is 11.4 Å². The normalized spacial score (nSPS) is 15.0. The highest BCUT2D eigenvalue weighted by Crippen LogP contribution is 2.18. The molecule has 0 aromatic rings.